The molecule has 0 aliphatic carbocycles. The third kappa shape index (κ3) is 8.61. The lowest BCUT2D eigenvalue weighted by atomic mass is 9.85. The van der Waals surface area contributed by atoms with Gasteiger partial charge in [0.05, 0.1) is 6.04 Å². The van der Waals surface area contributed by atoms with Crippen molar-refractivity contribution in [3.8, 4) is 0 Å². The Hall–Kier alpha value is -3.50. The molecule has 0 spiro atoms. The molecule has 1 heterocycles. The standard InChI is InChI=1S/C30H33F6N5O3S/c1-40(18-30(34,35)36)45(43,44)41-16-15-38-17-23(41)13-14-24-25(33)3-2-4-26(24)39-29(42)28(37)27(19-5-9-21(31)10-6-19)20-7-11-22(32)12-8-20/h2-12,23,27-28,38H,13-18,37H2,1H3,(H,39,42)/t23-,28-/m0/s1. The highest BCUT2D eigenvalue weighted by atomic mass is 32.2. The van der Waals surface area contributed by atoms with Gasteiger partial charge in [-0.25, -0.2) is 13.2 Å². The van der Waals surface area contributed by atoms with Crippen LogP contribution in [-0.4, -0.2) is 74.4 Å². The summed E-state index contributed by atoms with van der Waals surface area (Å²) in [5.41, 5.74) is 7.48. The van der Waals surface area contributed by atoms with Gasteiger partial charge in [0, 0.05) is 49.9 Å². The largest absolute Gasteiger partial charge is 0.402 e. The van der Waals surface area contributed by atoms with Crippen molar-refractivity contribution in [1.82, 2.24) is 13.9 Å². The molecule has 1 aliphatic heterocycles. The van der Waals surface area contributed by atoms with Gasteiger partial charge in [-0.2, -0.15) is 30.2 Å². The first-order chi connectivity index (χ1) is 21.2. The van der Waals surface area contributed by atoms with E-state index in [1.54, 1.807) is 0 Å². The number of carbonyl (C=O) groups excluding carboxylic acids is 1. The van der Waals surface area contributed by atoms with E-state index in [1.807, 2.05) is 0 Å². The Morgan fingerprint density at radius 3 is 2.16 bits per heavy atom. The summed E-state index contributed by atoms with van der Waals surface area (Å²) in [6.07, 6.45) is -4.78. The molecule has 244 valence electrons. The average Bonchev–Trinajstić information content (AvgIpc) is 2.98. The van der Waals surface area contributed by atoms with Gasteiger partial charge in [-0.15, -0.1) is 0 Å². The van der Waals surface area contributed by atoms with E-state index in [9.17, 15) is 35.2 Å². The molecule has 0 bridgehead atoms. The van der Waals surface area contributed by atoms with Gasteiger partial charge < -0.3 is 16.4 Å². The number of nitrogens with one attached hydrogen (secondary N) is 2. The van der Waals surface area contributed by atoms with Crippen molar-refractivity contribution in [2.75, 3.05) is 38.5 Å². The first-order valence-electron chi connectivity index (χ1n) is 14.0. The summed E-state index contributed by atoms with van der Waals surface area (Å²) in [6, 6.07) is 12.5. The van der Waals surface area contributed by atoms with E-state index in [0.29, 0.717) is 11.1 Å². The molecule has 45 heavy (non-hydrogen) atoms. The Balaban J connectivity index is 1.55. The third-order valence-electron chi connectivity index (χ3n) is 7.61. The molecule has 1 aliphatic rings. The number of hydrogen-bond donors (Lipinski definition) is 3. The van der Waals surface area contributed by atoms with Gasteiger partial charge in [0.15, 0.2) is 0 Å². The Morgan fingerprint density at radius 2 is 1.60 bits per heavy atom. The number of nitrogens with two attached hydrogens (primary N) is 1. The molecule has 1 amide bonds. The highest BCUT2D eigenvalue weighted by Gasteiger charge is 2.40. The van der Waals surface area contributed by atoms with Crippen molar-refractivity contribution in [2.24, 2.45) is 5.73 Å². The minimum atomic E-state index is -4.74. The second-order valence-corrected chi connectivity index (χ2v) is 12.7. The van der Waals surface area contributed by atoms with Crippen LogP contribution in [0.2, 0.25) is 0 Å². The van der Waals surface area contributed by atoms with Crippen LogP contribution < -0.4 is 16.4 Å². The van der Waals surface area contributed by atoms with Crippen molar-refractivity contribution < 1.29 is 39.6 Å². The quantitative estimate of drug-likeness (QED) is 0.269. The fourth-order valence-corrected chi connectivity index (χ4v) is 6.91. The Labute approximate surface area is 257 Å². The van der Waals surface area contributed by atoms with Crippen LogP contribution in [0, 0.1) is 17.5 Å². The molecular weight excluding hydrogens is 624 g/mol. The van der Waals surface area contributed by atoms with Crippen molar-refractivity contribution >= 4 is 21.8 Å². The highest BCUT2D eigenvalue weighted by molar-refractivity contribution is 7.86. The number of anilines is 1. The van der Waals surface area contributed by atoms with Crippen molar-refractivity contribution in [2.45, 2.75) is 37.0 Å². The second kappa shape index (κ2) is 14.3. The van der Waals surface area contributed by atoms with Gasteiger partial charge in [-0.05, 0) is 60.4 Å². The zero-order valence-corrected chi connectivity index (χ0v) is 25.0. The van der Waals surface area contributed by atoms with E-state index in [2.05, 4.69) is 10.6 Å². The molecule has 8 nitrogen and oxygen atoms in total. The van der Waals surface area contributed by atoms with Crippen LogP contribution in [0.15, 0.2) is 66.7 Å². The number of halogens is 6. The average molecular weight is 658 g/mol. The summed E-state index contributed by atoms with van der Waals surface area (Å²) in [4.78, 5) is 13.5. The maximum absolute atomic E-state index is 15.1. The Kier molecular flexibility index (Phi) is 10.9. The van der Waals surface area contributed by atoms with Crippen LogP contribution in [0.3, 0.4) is 0 Å². The molecule has 1 saturated heterocycles. The number of nitrogens with zero attached hydrogens (tertiary/aromatic N) is 2. The third-order valence-corrected chi connectivity index (χ3v) is 9.60. The van der Waals surface area contributed by atoms with Crippen molar-refractivity contribution in [3.05, 3.63) is 101 Å². The number of carbonyl (C=O) groups is 1. The van der Waals surface area contributed by atoms with Crippen LogP contribution in [0.4, 0.5) is 32.0 Å². The van der Waals surface area contributed by atoms with Crippen LogP contribution in [0.5, 0.6) is 0 Å². The van der Waals surface area contributed by atoms with Gasteiger partial charge in [-0.3, -0.25) is 4.79 Å². The number of amides is 1. The molecule has 15 heteroatoms. The van der Waals surface area contributed by atoms with Gasteiger partial charge in [0.1, 0.15) is 24.0 Å². The van der Waals surface area contributed by atoms with Crippen LogP contribution >= 0.6 is 0 Å². The van der Waals surface area contributed by atoms with E-state index < -0.39 is 64.3 Å². The highest BCUT2D eigenvalue weighted by Crippen LogP contribution is 2.30. The van der Waals surface area contributed by atoms with E-state index in [1.165, 1.54) is 60.7 Å². The predicted octanol–water partition coefficient (Wildman–Crippen LogP) is 4.15. The van der Waals surface area contributed by atoms with Crippen LogP contribution in [-0.2, 0) is 21.4 Å². The lowest BCUT2D eigenvalue weighted by molar-refractivity contribution is -0.134. The first kappa shape index (κ1) is 34.4. The maximum Gasteiger partial charge on any atom is 0.402 e. The summed E-state index contributed by atoms with van der Waals surface area (Å²) in [6.45, 7) is -1.40. The number of rotatable bonds is 11. The van der Waals surface area contributed by atoms with Gasteiger partial charge in [-0.1, -0.05) is 30.3 Å². The first-order valence-corrected chi connectivity index (χ1v) is 15.4. The lowest BCUT2D eigenvalue weighted by Crippen LogP contribution is -2.57. The van der Waals surface area contributed by atoms with E-state index >= 15 is 4.39 Å². The Bertz CT molecular complexity index is 1530. The predicted molar refractivity (Wildman–Crippen MR) is 157 cm³/mol. The number of hydrogen-bond acceptors (Lipinski definition) is 5. The fraction of sp³-hybridized carbons (Fsp3) is 0.367. The van der Waals surface area contributed by atoms with Crippen molar-refractivity contribution in [3.63, 3.8) is 0 Å². The van der Waals surface area contributed by atoms with E-state index in [4.69, 9.17) is 5.73 Å². The zero-order chi connectivity index (χ0) is 32.9. The molecule has 1 fully saturated rings. The fourth-order valence-electron chi connectivity index (χ4n) is 5.36. The minimum Gasteiger partial charge on any atom is -0.324 e. The Morgan fingerprint density at radius 1 is 1.02 bits per heavy atom. The molecule has 4 N–H and O–H groups in total. The summed E-state index contributed by atoms with van der Waals surface area (Å²) in [5, 5.41) is 5.65. The smallest absolute Gasteiger partial charge is 0.324 e. The second-order valence-electron chi connectivity index (χ2n) is 10.7. The molecule has 2 atom stereocenters. The van der Waals surface area contributed by atoms with Crippen LogP contribution in [0.25, 0.3) is 0 Å². The molecule has 0 unspecified atom stereocenters. The zero-order valence-electron chi connectivity index (χ0n) is 24.2. The topological polar surface area (TPSA) is 108 Å². The monoisotopic (exact) mass is 657 g/mol. The van der Waals surface area contributed by atoms with Gasteiger partial charge >= 0.3 is 6.18 Å². The van der Waals surface area contributed by atoms with Crippen LogP contribution in [0.1, 0.15) is 29.0 Å². The lowest BCUT2D eigenvalue weighted by Gasteiger charge is -2.37. The summed E-state index contributed by atoms with van der Waals surface area (Å²) < 4.78 is 108. The molecule has 3 aromatic rings. The van der Waals surface area contributed by atoms with Gasteiger partial charge in [0.2, 0.25) is 5.91 Å². The van der Waals surface area contributed by atoms with E-state index in [0.717, 1.165) is 17.4 Å². The molecule has 0 radical (unpaired) electrons. The summed E-state index contributed by atoms with van der Waals surface area (Å²) in [7, 11) is -3.64. The summed E-state index contributed by atoms with van der Waals surface area (Å²) in [5.74, 6) is -3.26. The number of benzene rings is 3. The molecular formula is C30H33F6N5O3S. The molecule has 3 aromatic carbocycles. The number of piperazine rings is 1. The normalized spacial score (nSPS) is 17.1. The molecule has 4 rings (SSSR count). The van der Waals surface area contributed by atoms with E-state index in [-0.39, 0.29) is 48.0 Å². The van der Waals surface area contributed by atoms with Gasteiger partial charge in [0.25, 0.3) is 10.2 Å². The maximum atomic E-state index is 15.1. The van der Waals surface area contributed by atoms with Crippen molar-refractivity contribution in [1.29, 1.82) is 0 Å². The SMILES string of the molecule is CN(CC(F)(F)F)S(=O)(=O)N1CCNC[C@@H]1CCc1c(F)cccc1NC(=O)[C@@H](N)C(c1ccc(F)cc1)c1ccc(F)cc1. The number of alkyl halides is 3. The molecule has 0 aromatic heterocycles. The molecule has 0 saturated carbocycles. The minimum absolute atomic E-state index is 0.0235. The summed E-state index contributed by atoms with van der Waals surface area (Å²) >= 11 is 0.